The number of nitrogens with one attached hydrogen (secondary N) is 2. The smallest absolute Gasteiger partial charge is 0.268 e. The van der Waals surface area contributed by atoms with E-state index in [1.807, 2.05) is 36.5 Å². The third-order valence-electron chi connectivity index (χ3n) is 4.18. The number of rotatable bonds is 2. The Hall–Kier alpha value is -2.56. The molecule has 1 saturated heterocycles. The zero-order valence-corrected chi connectivity index (χ0v) is 11.4. The van der Waals surface area contributed by atoms with E-state index in [0.717, 1.165) is 22.9 Å². The number of hydrogen-bond donors (Lipinski definition) is 2. The van der Waals surface area contributed by atoms with Crippen molar-refractivity contribution >= 4 is 22.7 Å². The van der Waals surface area contributed by atoms with Gasteiger partial charge in [-0.2, -0.15) is 0 Å². The van der Waals surface area contributed by atoms with Crippen LogP contribution in [0.5, 0.6) is 0 Å². The summed E-state index contributed by atoms with van der Waals surface area (Å²) in [5.74, 6) is -0.152. The minimum atomic E-state index is -0.480. The molecular weight excluding hydrogens is 266 g/mol. The van der Waals surface area contributed by atoms with Gasteiger partial charge in [0.1, 0.15) is 11.7 Å². The van der Waals surface area contributed by atoms with Crippen molar-refractivity contribution in [1.29, 1.82) is 0 Å². The quantitative estimate of drug-likeness (QED) is 0.872. The van der Waals surface area contributed by atoms with Crippen LogP contribution in [0.3, 0.4) is 0 Å². The van der Waals surface area contributed by atoms with Crippen LogP contribution in [-0.4, -0.2) is 34.3 Å². The Balaban J connectivity index is 1.64. The molecule has 106 valence electrons. The zero-order chi connectivity index (χ0) is 14.4. The fourth-order valence-corrected chi connectivity index (χ4v) is 3.15. The minimum Gasteiger partial charge on any atom is -0.361 e. The van der Waals surface area contributed by atoms with Crippen LogP contribution in [0.25, 0.3) is 10.9 Å². The predicted molar refractivity (Wildman–Crippen MR) is 78.3 cm³/mol. The van der Waals surface area contributed by atoms with E-state index in [1.54, 1.807) is 4.90 Å². The molecule has 2 aliphatic rings. The largest absolute Gasteiger partial charge is 0.361 e. The molecule has 2 N–H and O–H groups in total. The number of amides is 2. The monoisotopic (exact) mass is 281 g/mol. The van der Waals surface area contributed by atoms with Crippen molar-refractivity contribution in [1.82, 2.24) is 15.2 Å². The highest BCUT2D eigenvalue weighted by Gasteiger charge is 2.38. The lowest BCUT2D eigenvalue weighted by Crippen LogP contribution is -2.56. The first kappa shape index (κ1) is 12.2. The molecule has 2 aromatic rings. The Bertz CT molecular complexity index is 775. The van der Waals surface area contributed by atoms with Crippen molar-refractivity contribution < 1.29 is 9.59 Å². The number of aromatic amines is 1. The van der Waals surface area contributed by atoms with Gasteiger partial charge >= 0.3 is 0 Å². The number of nitrogens with zero attached hydrogens (tertiary/aromatic N) is 1. The molecule has 0 radical (unpaired) electrons. The van der Waals surface area contributed by atoms with Crippen molar-refractivity contribution in [2.75, 3.05) is 6.54 Å². The van der Waals surface area contributed by atoms with E-state index < -0.39 is 6.04 Å². The van der Waals surface area contributed by atoms with Gasteiger partial charge in [-0.15, -0.1) is 0 Å². The number of piperazine rings is 1. The van der Waals surface area contributed by atoms with E-state index in [2.05, 4.69) is 10.3 Å². The van der Waals surface area contributed by atoms with Gasteiger partial charge in [0.25, 0.3) is 5.91 Å². The molecule has 1 unspecified atom stereocenters. The van der Waals surface area contributed by atoms with Crippen molar-refractivity contribution in [3.05, 3.63) is 47.8 Å². The van der Waals surface area contributed by atoms with Crippen LogP contribution in [0.4, 0.5) is 0 Å². The molecule has 1 atom stereocenters. The second-order valence-corrected chi connectivity index (χ2v) is 5.46. The normalized spacial score (nSPS) is 21.4. The number of hydrogen-bond acceptors (Lipinski definition) is 2. The number of benzene rings is 1. The van der Waals surface area contributed by atoms with Gasteiger partial charge in [-0.25, -0.2) is 0 Å². The van der Waals surface area contributed by atoms with Crippen LogP contribution in [0.1, 0.15) is 12.0 Å². The molecule has 0 bridgehead atoms. The molecule has 1 fully saturated rings. The SMILES string of the molecule is O=C1NC(Cc2c[nH]c3ccccc23)C(=O)N2CCC=C12. The molecule has 5 nitrogen and oxygen atoms in total. The molecule has 2 aliphatic heterocycles. The number of fused-ring (bicyclic) bond motifs is 2. The van der Waals surface area contributed by atoms with Gasteiger partial charge in [0.2, 0.25) is 5.91 Å². The van der Waals surface area contributed by atoms with Gasteiger partial charge < -0.3 is 15.2 Å². The standard InChI is InChI=1S/C16H15N3O2/c20-15-14-6-3-7-19(14)16(21)13(18-15)8-10-9-17-12-5-2-1-4-11(10)12/h1-2,4-6,9,13,17H,3,7-8H2,(H,18,20). The van der Waals surface area contributed by atoms with E-state index in [4.69, 9.17) is 0 Å². The minimum absolute atomic E-state index is 0.0105. The van der Waals surface area contributed by atoms with E-state index in [1.165, 1.54) is 0 Å². The van der Waals surface area contributed by atoms with Crippen molar-refractivity contribution in [3.63, 3.8) is 0 Å². The summed E-state index contributed by atoms with van der Waals surface area (Å²) < 4.78 is 0. The lowest BCUT2D eigenvalue weighted by molar-refractivity contribution is -0.139. The van der Waals surface area contributed by atoms with Crippen LogP contribution in [0, 0.1) is 0 Å². The molecule has 1 aromatic carbocycles. The predicted octanol–water partition coefficient (Wildman–Crippen LogP) is 1.32. The molecule has 2 amide bonds. The molecule has 5 heteroatoms. The first-order valence-corrected chi connectivity index (χ1v) is 7.11. The van der Waals surface area contributed by atoms with Gasteiger partial charge in [0.05, 0.1) is 0 Å². The second kappa shape index (κ2) is 4.48. The topological polar surface area (TPSA) is 65.2 Å². The lowest BCUT2D eigenvalue weighted by atomic mass is 10.0. The van der Waals surface area contributed by atoms with E-state index >= 15 is 0 Å². The third-order valence-corrected chi connectivity index (χ3v) is 4.18. The van der Waals surface area contributed by atoms with Crippen LogP contribution < -0.4 is 5.32 Å². The van der Waals surface area contributed by atoms with Crippen molar-refractivity contribution in [3.8, 4) is 0 Å². The number of carbonyl (C=O) groups excluding carboxylic acids is 2. The fraction of sp³-hybridized carbons (Fsp3) is 0.250. The molecule has 0 saturated carbocycles. The Kier molecular flexibility index (Phi) is 2.60. The summed E-state index contributed by atoms with van der Waals surface area (Å²) in [5.41, 5.74) is 2.61. The van der Waals surface area contributed by atoms with Gasteiger partial charge in [0.15, 0.2) is 0 Å². The fourth-order valence-electron chi connectivity index (χ4n) is 3.15. The van der Waals surface area contributed by atoms with Crippen LogP contribution in [0.2, 0.25) is 0 Å². The lowest BCUT2D eigenvalue weighted by Gasteiger charge is -2.31. The number of carbonyl (C=O) groups is 2. The van der Waals surface area contributed by atoms with E-state index in [0.29, 0.717) is 18.7 Å². The molecule has 21 heavy (non-hydrogen) atoms. The summed E-state index contributed by atoms with van der Waals surface area (Å²) in [6, 6.07) is 7.49. The Labute approximate surface area is 121 Å². The summed E-state index contributed by atoms with van der Waals surface area (Å²) in [6.07, 6.45) is 5.02. The van der Waals surface area contributed by atoms with Gasteiger partial charge in [-0.3, -0.25) is 9.59 Å². The summed E-state index contributed by atoms with van der Waals surface area (Å²) in [7, 11) is 0. The van der Waals surface area contributed by atoms with Gasteiger partial charge in [0, 0.05) is 30.1 Å². The maximum absolute atomic E-state index is 12.5. The summed E-state index contributed by atoms with van der Waals surface area (Å²) in [4.78, 5) is 29.3. The number of para-hydroxylation sites is 1. The average Bonchev–Trinajstić information content (AvgIpc) is 3.12. The first-order chi connectivity index (χ1) is 10.2. The third kappa shape index (κ3) is 1.85. The molecule has 3 heterocycles. The van der Waals surface area contributed by atoms with Crippen molar-refractivity contribution in [2.24, 2.45) is 0 Å². The molecule has 0 spiro atoms. The number of aromatic nitrogens is 1. The summed E-state index contributed by atoms with van der Waals surface area (Å²) in [6.45, 7) is 0.617. The van der Waals surface area contributed by atoms with Crippen molar-refractivity contribution in [2.45, 2.75) is 18.9 Å². The van der Waals surface area contributed by atoms with Gasteiger partial charge in [-0.05, 0) is 18.1 Å². The molecule has 4 rings (SSSR count). The first-order valence-electron chi connectivity index (χ1n) is 7.11. The maximum Gasteiger partial charge on any atom is 0.268 e. The Morgan fingerprint density at radius 3 is 3.00 bits per heavy atom. The maximum atomic E-state index is 12.5. The summed E-state index contributed by atoms with van der Waals surface area (Å²) in [5, 5.41) is 3.93. The van der Waals surface area contributed by atoms with E-state index in [-0.39, 0.29) is 11.8 Å². The molecule has 1 aromatic heterocycles. The highest BCUT2D eigenvalue weighted by Crippen LogP contribution is 2.24. The van der Waals surface area contributed by atoms with Crippen LogP contribution in [0.15, 0.2) is 42.2 Å². The highest BCUT2D eigenvalue weighted by molar-refractivity contribution is 6.05. The van der Waals surface area contributed by atoms with Crippen LogP contribution in [-0.2, 0) is 16.0 Å². The Morgan fingerprint density at radius 1 is 1.24 bits per heavy atom. The van der Waals surface area contributed by atoms with E-state index in [9.17, 15) is 9.59 Å². The summed E-state index contributed by atoms with van der Waals surface area (Å²) >= 11 is 0. The average molecular weight is 281 g/mol. The molecular formula is C16H15N3O2. The van der Waals surface area contributed by atoms with Gasteiger partial charge in [-0.1, -0.05) is 24.3 Å². The number of H-pyrrole nitrogens is 1. The molecule has 0 aliphatic carbocycles. The highest BCUT2D eigenvalue weighted by atomic mass is 16.2. The second-order valence-electron chi connectivity index (χ2n) is 5.46. The Morgan fingerprint density at radius 2 is 2.10 bits per heavy atom. The van der Waals surface area contributed by atoms with Crippen LogP contribution >= 0.6 is 0 Å². The zero-order valence-electron chi connectivity index (χ0n) is 11.4.